The van der Waals surface area contributed by atoms with Gasteiger partial charge in [0.2, 0.25) is 0 Å². The topological polar surface area (TPSA) is 35.8 Å². The fraction of sp³-hybridized carbons (Fsp3) is 0.900. The maximum atomic E-state index is 12.0. The SMILES string of the molecule is N#CC1(NCC(F)(F)F)CCCCCC1. The van der Waals surface area contributed by atoms with Gasteiger partial charge in [0.05, 0.1) is 12.6 Å². The Hall–Kier alpha value is -0.760. The first-order valence-electron chi connectivity index (χ1n) is 5.20. The van der Waals surface area contributed by atoms with Crippen molar-refractivity contribution in [3.05, 3.63) is 0 Å². The highest BCUT2D eigenvalue weighted by molar-refractivity contribution is 5.07. The smallest absolute Gasteiger partial charge is 0.291 e. The highest BCUT2D eigenvalue weighted by atomic mass is 19.4. The predicted octanol–water partition coefficient (Wildman–Crippen LogP) is 2.75. The molecule has 86 valence electrons. The third kappa shape index (κ3) is 4.08. The van der Waals surface area contributed by atoms with E-state index in [1.165, 1.54) is 0 Å². The molecule has 1 aliphatic carbocycles. The van der Waals surface area contributed by atoms with Crippen LogP contribution in [0.25, 0.3) is 0 Å². The molecular formula is C10H15F3N2. The zero-order valence-corrected chi connectivity index (χ0v) is 8.53. The van der Waals surface area contributed by atoms with Crippen LogP contribution in [0.4, 0.5) is 13.2 Å². The molecule has 1 fully saturated rings. The van der Waals surface area contributed by atoms with Gasteiger partial charge in [-0.1, -0.05) is 25.7 Å². The first-order chi connectivity index (χ1) is 6.97. The van der Waals surface area contributed by atoms with Crippen molar-refractivity contribution >= 4 is 0 Å². The summed E-state index contributed by atoms with van der Waals surface area (Å²) in [5.41, 5.74) is -0.952. The van der Waals surface area contributed by atoms with Crippen molar-refractivity contribution in [2.45, 2.75) is 50.2 Å². The van der Waals surface area contributed by atoms with Gasteiger partial charge in [-0.15, -0.1) is 0 Å². The summed E-state index contributed by atoms with van der Waals surface area (Å²) in [6, 6.07) is 2.02. The summed E-state index contributed by atoms with van der Waals surface area (Å²) in [5, 5.41) is 11.4. The molecule has 0 aromatic rings. The van der Waals surface area contributed by atoms with E-state index in [1.807, 2.05) is 6.07 Å². The van der Waals surface area contributed by atoms with E-state index < -0.39 is 18.3 Å². The molecule has 0 aliphatic heterocycles. The van der Waals surface area contributed by atoms with Gasteiger partial charge >= 0.3 is 6.18 Å². The van der Waals surface area contributed by atoms with E-state index in [4.69, 9.17) is 5.26 Å². The van der Waals surface area contributed by atoms with Crippen LogP contribution < -0.4 is 5.32 Å². The predicted molar refractivity (Wildman–Crippen MR) is 50.1 cm³/mol. The molecule has 1 N–H and O–H groups in total. The van der Waals surface area contributed by atoms with Crippen LogP contribution in [0.1, 0.15) is 38.5 Å². The molecule has 1 rings (SSSR count). The second kappa shape index (κ2) is 4.84. The Morgan fingerprint density at radius 2 is 1.67 bits per heavy atom. The lowest BCUT2D eigenvalue weighted by atomic mass is 9.92. The van der Waals surface area contributed by atoms with E-state index >= 15 is 0 Å². The number of halogens is 3. The summed E-state index contributed by atoms with van der Waals surface area (Å²) in [7, 11) is 0. The minimum absolute atomic E-state index is 0.527. The van der Waals surface area contributed by atoms with Crippen molar-refractivity contribution in [1.29, 1.82) is 5.26 Å². The number of rotatable bonds is 2. The summed E-state index contributed by atoms with van der Waals surface area (Å²) < 4.78 is 36.1. The van der Waals surface area contributed by atoms with Gasteiger partial charge in [0.25, 0.3) is 0 Å². The number of alkyl halides is 3. The van der Waals surface area contributed by atoms with Crippen LogP contribution in [-0.4, -0.2) is 18.3 Å². The maximum Gasteiger partial charge on any atom is 0.401 e. The number of nitriles is 1. The van der Waals surface area contributed by atoms with Gasteiger partial charge in [-0.2, -0.15) is 18.4 Å². The molecule has 0 atom stereocenters. The minimum atomic E-state index is -4.24. The Balaban J connectivity index is 2.55. The number of hydrogen-bond acceptors (Lipinski definition) is 2. The average Bonchev–Trinajstić information content (AvgIpc) is 2.40. The zero-order valence-electron chi connectivity index (χ0n) is 8.53. The zero-order chi connectivity index (χ0) is 11.4. The molecule has 1 aliphatic rings. The molecule has 0 radical (unpaired) electrons. The van der Waals surface area contributed by atoms with Crippen molar-refractivity contribution in [3.8, 4) is 6.07 Å². The summed E-state index contributed by atoms with van der Waals surface area (Å²) in [6.07, 6.45) is 0.500. The van der Waals surface area contributed by atoms with Crippen molar-refractivity contribution in [1.82, 2.24) is 5.32 Å². The molecule has 0 unspecified atom stereocenters. The quantitative estimate of drug-likeness (QED) is 0.726. The van der Waals surface area contributed by atoms with Crippen molar-refractivity contribution < 1.29 is 13.2 Å². The average molecular weight is 220 g/mol. The Bertz CT molecular complexity index is 234. The van der Waals surface area contributed by atoms with Gasteiger partial charge in [0.15, 0.2) is 0 Å². The third-order valence-corrected chi connectivity index (χ3v) is 2.80. The lowest BCUT2D eigenvalue weighted by Gasteiger charge is -2.26. The summed E-state index contributed by atoms with van der Waals surface area (Å²) in [6.45, 7) is -1.07. The van der Waals surface area contributed by atoms with Gasteiger partial charge in [0.1, 0.15) is 5.54 Å². The van der Waals surface area contributed by atoms with Gasteiger partial charge in [0, 0.05) is 0 Å². The van der Waals surface area contributed by atoms with Crippen LogP contribution >= 0.6 is 0 Å². The van der Waals surface area contributed by atoms with Crippen LogP contribution in [0.3, 0.4) is 0 Å². The Morgan fingerprint density at radius 3 is 2.07 bits per heavy atom. The first-order valence-corrected chi connectivity index (χ1v) is 5.20. The standard InChI is InChI=1S/C10H15F3N2/c11-10(12,13)8-15-9(7-14)5-3-1-2-4-6-9/h15H,1-6,8H2. The first kappa shape index (κ1) is 12.3. The monoisotopic (exact) mass is 220 g/mol. The van der Waals surface area contributed by atoms with E-state index in [1.54, 1.807) is 0 Å². The molecule has 5 heteroatoms. The molecule has 0 aromatic heterocycles. The lowest BCUT2D eigenvalue weighted by Crippen LogP contribution is -2.47. The number of nitrogens with one attached hydrogen (secondary N) is 1. The molecule has 0 spiro atoms. The van der Waals surface area contributed by atoms with Crippen LogP contribution in [0.15, 0.2) is 0 Å². The van der Waals surface area contributed by atoms with Crippen LogP contribution in [0.2, 0.25) is 0 Å². The minimum Gasteiger partial charge on any atom is -0.291 e. The van der Waals surface area contributed by atoms with Crippen LogP contribution in [0, 0.1) is 11.3 Å². The Labute approximate surface area is 87.5 Å². The molecule has 15 heavy (non-hydrogen) atoms. The van der Waals surface area contributed by atoms with E-state index in [9.17, 15) is 13.2 Å². The summed E-state index contributed by atoms with van der Waals surface area (Å²) >= 11 is 0. The van der Waals surface area contributed by atoms with Crippen LogP contribution in [0.5, 0.6) is 0 Å². The Kier molecular flexibility index (Phi) is 3.97. The van der Waals surface area contributed by atoms with E-state index in [2.05, 4.69) is 5.32 Å². The van der Waals surface area contributed by atoms with E-state index in [-0.39, 0.29) is 0 Å². The third-order valence-electron chi connectivity index (χ3n) is 2.80. The second-order valence-corrected chi connectivity index (χ2v) is 4.08. The maximum absolute atomic E-state index is 12.0. The molecule has 0 aromatic carbocycles. The highest BCUT2D eigenvalue weighted by Gasteiger charge is 2.35. The lowest BCUT2D eigenvalue weighted by molar-refractivity contribution is -0.127. The normalized spacial score (nSPS) is 21.7. The van der Waals surface area contributed by atoms with Crippen LogP contribution in [-0.2, 0) is 0 Å². The van der Waals surface area contributed by atoms with Crippen molar-refractivity contribution in [3.63, 3.8) is 0 Å². The van der Waals surface area contributed by atoms with Gasteiger partial charge in [-0.25, -0.2) is 0 Å². The summed E-state index contributed by atoms with van der Waals surface area (Å²) in [5.74, 6) is 0. The fourth-order valence-electron chi connectivity index (χ4n) is 1.93. The highest BCUT2D eigenvalue weighted by Crippen LogP contribution is 2.27. The van der Waals surface area contributed by atoms with E-state index in [0.717, 1.165) is 25.7 Å². The number of nitrogens with zero attached hydrogens (tertiary/aromatic N) is 1. The van der Waals surface area contributed by atoms with E-state index in [0.29, 0.717) is 12.8 Å². The molecule has 0 saturated heterocycles. The van der Waals surface area contributed by atoms with Crippen molar-refractivity contribution in [2.24, 2.45) is 0 Å². The van der Waals surface area contributed by atoms with Gasteiger partial charge in [-0.05, 0) is 12.8 Å². The molecule has 0 amide bonds. The molecule has 1 saturated carbocycles. The second-order valence-electron chi connectivity index (χ2n) is 4.08. The molecule has 2 nitrogen and oxygen atoms in total. The summed E-state index contributed by atoms with van der Waals surface area (Å²) in [4.78, 5) is 0. The van der Waals surface area contributed by atoms with Gasteiger partial charge in [-0.3, -0.25) is 5.32 Å². The van der Waals surface area contributed by atoms with Gasteiger partial charge < -0.3 is 0 Å². The van der Waals surface area contributed by atoms with Crippen molar-refractivity contribution in [2.75, 3.05) is 6.54 Å². The molecule has 0 heterocycles. The molecular weight excluding hydrogens is 205 g/mol. The number of hydrogen-bond donors (Lipinski definition) is 1. The Morgan fingerprint density at radius 1 is 1.13 bits per heavy atom. The fourth-order valence-corrected chi connectivity index (χ4v) is 1.93. The largest absolute Gasteiger partial charge is 0.401 e. The molecule has 0 bridgehead atoms.